The van der Waals surface area contributed by atoms with Crippen LogP contribution in [0.15, 0.2) is 29.3 Å². The Bertz CT molecular complexity index is 670. The van der Waals surface area contributed by atoms with Crippen molar-refractivity contribution in [2.24, 2.45) is 4.99 Å². The van der Waals surface area contributed by atoms with Gasteiger partial charge in [0.05, 0.1) is 19.3 Å². The zero-order chi connectivity index (χ0) is 20.5. The number of nitrogens with zero attached hydrogens (tertiary/aromatic N) is 3. The van der Waals surface area contributed by atoms with Crippen LogP contribution in [0.1, 0.15) is 31.4 Å². The van der Waals surface area contributed by atoms with E-state index in [0.717, 1.165) is 44.6 Å². The molecule has 1 atom stereocenters. The van der Waals surface area contributed by atoms with Crippen molar-refractivity contribution >= 4 is 11.9 Å². The van der Waals surface area contributed by atoms with Gasteiger partial charge in [0.15, 0.2) is 5.96 Å². The highest BCUT2D eigenvalue weighted by Crippen LogP contribution is 2.21. The summed E-state index contributed by atoms with van der Waals surface area (Å²) in [6.45, 7) is 8.16. The van der Waals surface area contributed by atoms with E-state index >= 15 is 0 Å². The van der Waals surface area contributed by atoms with Gasteiger partial charge in [0.2, 0.25) is 5.91 Å². The number of hydrogen-bond acceptors (Lipinski definition) is 4. The maximum atomic E-state index is 13.4. The molecule has 8 heteroatoms. The Labute approximate surface area is 172 Å². The predicted octanol–water partition coefficient (Wildman–Crippen LogP) is 1.38. The lowest BCUT2D eigenvalue weighted by Crippen LogP contribution is -2.46. The number of hydrogen-bond donors (Lipinski definition) is 2. The molecular formula is C21H32FN5O2. The molecule has 160 valence electrons. The largest absolute Gasteiger partial charge is 0.379 e. The number of halogens is 1. The average molecular weight is 406 g/mol. The number of aliphatic imine (C=N–C) groups is 1. The molecule has 0 radical (unpaired) electrons. The van der Waals surface area contributed by atoms with Crippen LogP contribution in [-0.4, -0.2) is 80.7 Å². The van der Waals surface area contributed by atoms with Gasteiger partial charge in [0.1, 0.15) is 12.4 Å². The summed E-state index contributed by atoms with van der Waals surface area (Å²) in [6, 6.07) is 6.72. The molecule has 1 aromatic carbocycles. The first kappa shape index (κ1) is 21.5. The fraction of sp³-hybridized carbons (Fsp3) is 0.619. The topological polar surface area (TPSA) is 69.2 Å². The van der Waals surface area contributed by atoms with Crippen LogP contribution in [-0.2, 0) is 9.53 Å². The van der Waals surface area contributed by atoms with E-state index in [-0.39, 0.29) is 24.3 Å². The third kappa shape index (κ3) is 6.40. The van der Waals surface area contributed by atoms with Crippen LogP contribution in [0, 0.1) is 5.82 Å². The number of benzene rings is 1. The molecule has 2 aliphatic rings. The number of guanidine groups is 1. The summed E-state index contributed by atoms with van der Waals surface area (Å²) in [6.07, 6.45) is 2.15. The highest BCUT2D eigenvalue weighted by Gasteiger charge is 2.23. The fourth-order valence-corrected chi connectivity index (χ4v) is 3.78. The van der Waals surface area contributed by atoms with Crippen LogP contribution in [0.3, 0.4) is 0 Å². The van der Waals surface area contributed by atoms with Crippen LogP contribution in [0.2, 0.25) is 0 Å². The second-order valence-electron chi connectivity index (χ2n) is 7.38. The molecule has 2 fully saturated rings. The lowest BCUT2D eigenvalue weighted by molar-refractivity contribution is -0.128. The Hall–Kier alpha value is -2.19. The summed E-state index contributed by atoms with van der Waals surface area (Å²) in [4.78, 5) is 21.0. The molecule has 0 bridgehead atoms. The maximum absolute atomic E-state index is 13.4. The van der Waals surface area contributed by atoms with E-state index in [4.69, 9.17) is 4.74 Å². The molecule has 2 saturated heterocycles. The standard InChI is InChI=1S/C21H32FN5O2/c1-2-23-21(25-16-20(28)27-9-3-4-10-27)24-15-19(26-11-13-29-14-12-26)17-5-7-18(22)8-6-17/h5-8,19H,2-4,9-16H2,1H3,(H2,23,24,25). The summed E-state index contributed by atoms with van der Waals surface area (Å²) >= 11 is 0. The van der Waals surface area contributed by atoms with Gasteiger partial charge in [0, 0.05) is 39.3 Å². The molecule has 1 unspecified atom stereocenters. The van der Waals surface area contributed by atoms with Gasteiger partial charge >= 0.3 is 0 Å². The Morgan fingerprint density at radius 1 is 1.14 bits per heavy atom. The number of carbonyl (C=O) groups excluding carboxylic acids is 1. The average Bonchev–Trinajstić information content (AvgIpc) is 3.29. The summed E-state index contributed by atoms with van der Waals surface area (Å²) < 4.78 is 18.9. The highest BCUT2D eigenvalue weighted by molar-refractivity contribution is 5.85. The van der Waals surface area contributed by atoms with E-state index in [0.29, 0.717) is 32.3 Å². The molecule has 2 aliphatic heterocycles. The van der Waals surface area contributed by atoms with Crippen molar-refractivity contribution in [1.29, 1.82) is 0 Å². The molecule has 7 nitrogen and oxygen atoms in total. The predicted molar refractivity (Wildman–Crippen MR) is 111 cm³/mol. The van der Waals surface area contributed by atoms with Gasteiger partial charge in [0.25, 0.3) is 0 Å². The second-order valence-corrected chi connectivity index (χ2v) is 7.38. The molecule has 1 amide bonds. The van der Waals surface area contributed by atoms with E-state index in [9.17, 15) is 9.18 Å². The zero-order valence-corrected chi connectivity index (χ0v) is 17.2. The van der Waals surface area contributed by atoms with Crippen molar-refractivity contribution in [3.8, 4) is 0 Å². The van der Waals surface area contributed by atoms with Gasteiger partial charge in [-0.15, -0.1) is 0 Å². The Kier molecular flexibility index (Phi) is 8.25. The van der Waals surface area contributed by atoms with E-state index in [1.807, 2.05) is 24.0 Å². The van der Waals surface area contributed by atoms with E-state index in [2.05, 4.69) is 20.5 Å². The van der Waals surface area contributed by atoms with Crippen LogP contribution < -0.4 is 10.6 Å². The molecule has 2 heterocycles. The molecule has 0 spiro atoms. The zero-order valence-electron chi connectivity index (χ0n) is 17.2. The molecular weight excluding hydrogens is 373 g/mol. The Morgan fingerprint density at radius 3 is 2.48 bits per heavy atom. The fourth-order valence-electron chi connectivity index (χ4n) is 3.78. The van der Waals surface area contributed by atoms with Crippen molar-refractivity contribution < 1.29 is 13.9 Å². The van der Waals surface area contributed by atoms with Crippen molar-refractivity contribution in [2.75, 3.05) is 59.0 Å². The normalized spacial score (nSPS) is 19.2. The van der Waals surface area contributed by atoms with Crippen LogP contribution in [0.4, 0.5) is 4.39 Å². The van der Waals surface area contributed by atoms with Crippen LogP contribution in [0.25, 0.3) is 0 Å². The smallest absolute Gasteiger partial charge is 0.244 e. The van der Waals surface area contributed by atoms with Crippen molar-refractivity contribution in [2.45, 2.75) is 25.8 Å². The van der Waals surface area contributed by atoms with Gasteiger partial charge in [-0.3, -0.25) is 9.69 Å². The second kappa shape index (κ2) is 11.1. The number of nitrogens with one attached hydrogen (secondary N) is 2. The van der Waals surface area contributed by atoms with Gasteiger partial charge in [-0.2, -0.15) is 0 Å². The SMILES string of the molecule is CCNC(=NCC(=O)N1CCCC1)NCC(c1ccc(F)cc1)N1CCOCC1. The maximum Gasteiger partial charge on any atom is 0.244 e. The lowest BCUT2D eigenvalue weighted by atomic mass is 10.0. The van der Waals surface area contributed by atoms with Crippen LogP contribution >= 0.6 is 0 Å². The number of carbonyl (C=O) groups is 1. The number of amides is 1. The minimum atomic E-state index is -0.238. The van der Waals surface area contributed by atoms with Crippen molar-refractivity contribution in [3.05, 3.63) is 35.6 Å². The molecule has 0 aromatic heterocycles. The molecule has 2 N–H and O–H groups in total. The van der Waals surface area contributed by atoms with Gasteiger partial charge in [-0.1, -0.05) is 12.1 Å². The number of likely N-dealkylation sites (tertiary alicyclic amines) is 1. The van der Waals surface area contributed by atoms with Gasteiger partial charge in [-0.25, -0.2) is 9.38 Å². The third-order valence-electron chi connectivity index (χ3n) is 5.38. The molecule has 1 aromatic rings. The Morgan fingerprint density at radius 2 is 1.83 bits per heavy atom. The number of ether oxygens (including phenoxy) is 1. The quantitative estimate of drug-likeness (QED) is 0.530. The molecule has 0 saturated carbocycles. The van der Waals surface area contributed by atoms with Crippen molar-refractivity contribution in [3.63, 3.8) is 0 Å². The first-order valence-corrected chi connectivity index (χ1v) is 10.5. The summed E-state index contributed by atoms with van der Waals surface area (Å²) in [5.74, 6) is 0.459. The highest BCUT2D eigenvalue weighted by atomic mass is 19.1. The number of morpholine rings is 1. The van der Waals surface area contributed by atoms with Gasteiger partial charge in [-0.05, 0) is 37.5 Å². The molecule has 3 rings (SSSR count). The summed E-state index contributed by atoms with van der Waals surface area (Å²) in [5.41, 5.74) is 1.05. The molecule has 0 aliphatic carbocycles. The van der Waals surface area contributed by atoms with Crippen LogP contribution in [0.5, 0.6) is 0 Å². The first-order valence-electron chi connectivity index (χ1n) is 10.5. The molecule has 29 heavy (non-hydrogen) atoms. The van der Waals surface area contributed by atoms with E-state index in [1.54, 1.807) is 0 Å². The third-order valence-corrected chi connectivity index (χ3v) is 5.38. The summed E-state index contributed by atoms with van der Waals surface area (Å²) in [5, 5.41) is 6.58. The van der Waals surface area contributed by atoms with Gasteiger partial charge < -0.3 is 20.3 Å². The summed E-state index contributed by atoms with van der Waals surface area (Å²) in [7, 11) is 0. The lowest BCUT2D eigenvalue weighted by Gasteiger charge is -2.35. The van der Waals surface area contributed by atoms with E-state index < -0.39 is 0 Å². The first-order chi connectivity index (χ1) is 14.2. The minimum absolute atomic E-state index is 0.0673. The Balaban J connectivity index is 1.64. The monoisotopic (exact) mass is 405 g/mol. The minimum Gasteiger partial charge on any atom is -0.379 e. The van der Waals surface area contributed by atoms with E-state index in [1.165, 1.54) is 12.1 Å². The van der Waals surface area contributed by atoms with Crippen molar-refractivity contribution in [1.82, 2.24) is 20.4 Å². The number of rotatable bonds is 7.